The predicted octanol–water partition coefficient (Wildman–Crippen LogP) is 6.34. The Morgan fingerprint density at radius 2 is 1.82 bits per heavy atom. The molecule has 51 heavy (non-hydrogen) atoms. The summed E-state index contributed by atoms with van der Waals surface area (Å²) >= 11 is 6.44. The molecule has 1 aliphatic heterocycles. The van der Waals surface area contributed by atoms with E-state index in [-0.39, 0.29) is 36.1 Å². The summed E-state index contributed by atoms with van der Waals surface area (Å²) in [5, 5.41) is 31.5. The molecule has 6 rings (SSSR count). The molecular weight excluding hydrogens is 703 g/mol. The van der Waals surface area contributed by atoms with Crippen molar-refractivity contribution in [2.75, 3.05) is 6.61 Å². The van der Waals surface area contributed by atoms with Crippen LogP contribution >= 0.6 is 11.6 Å². The summed E-state index contributed by atoms with van der Waals surface area (Å²) in [5.74, 6) is -0.809. The zero-order valence-electron chi connectivity index (χ0n) is 27.4. The van der Waals surface area contributed by atoms with Crippen molar-refractivity contribution in [3.05, 3.63) is 71.0 Å². The van der Waals surface area contributed by atoms with Gasteiger partial charge in [0.1, 0.15) is 17.7 Å². The first-order valence-electron chi connectivity index (χ1n) is 15.6. The Morgan fingerprint density at radius 1 is 1.12 bits per heavy atom. The number of ether oxygens (including phenoxy) is 1. The SMILES string of the molecule is CC(C)(C)C[C@]1(c2ccc(-c3cnn(C(F)F)c3)cc2)NC(=N)N([C@H](COC(=O)NC2(C(F)(F)F)CC2)c2ccc(Cl)c(-c3nnn[nH]3)c2)C1=O. The Bertz CT molecular complexity index is 1940. The van der Waals surface area contributed by atoms with Gasteiger partial charge in [0.25, 0.3) is 5.91 Å². The molecule has 1 aliphatic carbocycles. The fraction of sp³-hybridized carbons (Fsp3) is 0.406. The number of halogens is 6. The van der Waals surface area contributed by atoms with E-state index in [9.17, 15) is 31.5 Å². The summed E-state index contributed by atoms with van der Waals surface area (Å²) in [5.41, 5.74) is -2.42. The van der Waals surface area contributed by atoms with Crippen LogP contribution in [0, 0.1) is 10.8 Å². The third kappa shape index (κ3) is 6.96. The third-order valence-corrected chi connectivity index (χ3v) is 9.09. The van der Waals surface area contributed by atoms with Gasteiger partial charge in [-0.05, 0) is 63.9 Å². The minimum Gasteiger partial charge on any atom is -0.447 e. The topological polar surface area (TPSA) is 167 Å². The lowest BCUT2D eigenvalue weighted by molar-refractivity contribution is -0.164. The standard InChI is InChI=1S/C32H32ClF5N10O3/c1-29(2,3)16-31(20-7-4-17(5-8-20)19-13-40-47(14-19)26(34)35)25(49)48(27(39)41-31)23(15-51-28(50)42-30(10-11-30)32(36,37)38)18-6-9-22(33)21(12-18)24-43-45-46-44-24/h4-9,12-14,23,26H,10-11,15-16H2,1-3H3,(H2,39,41)(H,42,50)(H,43,44,45,46)/t23-,31-/m1/s1. The molecule has 2 aromatic carbocycles. The molecule has 2 aromatic heterocycles. The van der Waals surface area contributed by atoms with Crippen molar-refractivity contribution in [3.63, 3.8) is 0 Å². The molecule has 1 saturated heterocycles. The van der Waals surface area contributed by atoms with Crippen molar-refractivity contribution in [3.8, 4) is 22.5 Å². The maximum atomic E-state index is 14.8. The molecule has 1 saturated carbocycles. The third-order valence-electron chi connectivity index (χ3n) is 8.76. The molecule has 2 fully saturated rings. The summed E-state index contributed by atoms with van der Waals surface area (Å²) in [7, 11) is 0. The lowest BCUT2D eigenvalue weighted by Gasteiger charge is -2.35. The number of hydrogen-bond donors (Lipinski definition) is 4. The van der Waals surface area contributed by atoms with Gasteiger partial charge in [0.2, 0.25) is 0 Å². The second-order valence-electron chi connectivity index (χ2n) is 13.7. The van der Waals surface area contributed by atoms with Crippen LogP contribution in [0.15, 0.2) is 54.9 Å². The van der Waals surface area contributed by atoms with Crippen LogP contribution in [0.4, 0.5) is 26.7 Å². The molecule has 2 amide bonds. The van der Waals surface area contributed by atoms with Gasteiger partial charge in [-0.1, -0.05) is 62.7 Å². The Labute approximate surface area is 292 Å². The van der Waals surface area contributed by atoms with Crippen LogP contribution in [0.5, 0.6) is 0 Å². The Morgan fingerprint density at radius 3 is 2.39 bits per heavy atom. The van der Waals surface area contributed by atoms with E-state index >= 15 is 0 Å². The van der Waals surface area contributed by atoms with Gasteiger partial charge in [0.05, 0.1) is 17.3 Å². The Hall–Kier alpha value is -5.13. The number of nitrogens with zero attached hydrogens (tertiary/aromatic N) is 6. The highest BCUT2D eigenvalue weighted by molar-refractivity contribution is 6.33. The molecule has 2 aliphatic rings. The van der Waals surface area contributed by atoms with Gasteiger partial charge in [-0.2, -0.15) is 27.1 Å². The average molecular weight is 735 g/mol. The number of benzene rings is 2. The van der Waals surface area contributed by atoms with Gasteiger partial charge in [-0.3, -0.25) is 15.1 Å². The number of tetrazole rings is 1. The molecular formula is C32H32ClF5N10O3. The molecule has 19 heteroatoms. The Balaban J connectivity index is 1.37. The van der Waals surface area contributed by atoms with Gasteiger partial charge in [0.15, 0.2) is 11.8 Å². The van der Waals surface area contributed by atoms with Crippen molar-refractivity contribution in [2.24, 2.45) is 5.41 Å². The van der Waals surface area contributed by atoms with Crippen molar-refractivity contribution in [1.29, 1.82) is 5.41 Å². The van der Waals surface area contributed by atoms with E-state index in [1.54, 1.807) is 24.3 Å². The predicted molar refractivity (Wildman–Crippen MR) is 172 cm³/mol. The van der Waals surface area contributed by atoms with Crippen molar-refractivity contribution in [2.45, 2.75) is 69.9 Å². The molecule has 0 bridgehead atoms. The summed E-state index contributed by atoms with van der Waals surface area (Å²) in [6.45, 7) is 2.24. The van der Waals surface area contributed by atoms with Crippen LogP contribution in [-0.4, -0.2) is 71.6 Å². The number of carbonyl (C=O) groups excluding carboxylic acids is 2. The number of nitrogens with one attached hydrogen (secondary N) is 4. The van der Waals surface area contributed by atoms with Crippen LogP contribution in [0.3, 0.4) is 0 Å². The van der Waals surface area contributed by atoms with E-state index < -0.39 is 53.9 Å². The van der Waals surface area contributed by atoms with Crippen LogP contribution < -0.4 is 10.6 Å². The molecule has 13 nitrogen and oxygen atoms in total. The van der Waals surface area contributed by atoms with E-state index in [4.69, 9.17) is 21.7 Å². The minimum absolute atomic E-state index is 0.165. The van der Waals surface area contributed by atoms with Gasteiger partial charge < -0.3 is 15.4 Å². The molecule has 270 valence electrons. The van der Waals surface area contributed by atoms with E-state index in [1.165, 1.54) is 30.6 Å². The highest BCUT2D eigenvalue weighted by Gasteiger charge is 2.64. The number of aromatic nitrogens is 6. The second kappa shape index (κ2) is 12.9. The normalized spacial score (nSPS) is 19.3. The quantitative estimate of drug-likeness (QED) is 0.137. The lowest BCUT2D eigenvalue weighted by atomic mass is 9.75. The number of aromatic amines is 1. The van der Waals surface area contributed by atoms with Crippen LogP contribution in [0.2, 0.25) is 5.02 Å². The summed E-state index contributed by atoms with van der Waals surface area (Å²) < 4.78 is 72.9. The molecule has 0 radical (unpaired) electrons. The van der Waals surface area contributed by atoms with Crippen LogP contribution in [0.25, 0.3) is 22.5 Å². The highest BCUT2D eigenvalue weighted by atomic mass is 35.5. The first kappa shape index (κ1) is 35.7. The highest BCUT2D eigenvalue weighted by Crippen LogP contribution is 2.49. The molecule has 4 aromatic rings. The number of rotatable bonds is 10. The van der Waals surface area contributed by atoms with Gasteiger partial charge in [-0.15, -0.1) is 5.10 Å². The van der Waals surface area contributed by atoms with Gasteiger partial charge in [-0.25, -0.2) is 14.6 Å². The van der Waals surface area contributed by atoms with Crippen molar-refractivity contribution < 1.29 is 36.3 Å². The van der Waals surface area contributed by atoms with Crippen LogP contribution in [-0.2, 0) is 15.1 Å². The zero-order valence-corrected chi connectivity index (χ0v) is 28.1. The fourth-order valence-corrected chi connectivity index (χ4v) is 6.40. The molecule has 0 unspecified atom stereocenters. The minimum atomic E-state index is -4.69. The summed E-state index contributed by atoms with van der Waals surface area (Å²) in [6.07, 6.45) is -4.00. The number of hydrogen-bond acceptors (Lipinski definition) is 8. The van der Waals surface area contributed by atoms with E-state index in [0.717, 1.165) is 4.90 Å². The number of amides is 2. The lowest BCUT2D eigenvalue weighted by Crippen LogP contribution is -2.49. The number of alkyl carbamates (subject to hydrolysis) is 1. The van der Waals surface area contributed by atoms with Gasteiger partial charge >= 0.3 is 18.8 Å². The fourth-order valence-electron chi connectivity index (χ4n) is 6.19. The number of carbonyl (C=O) groups is 2. The second-order valence-corrected chi connectivity index (χ2v) is 14.1. The molecule has 2 atom stereocenters. The van der Waals surface area contributed by atoms with Gasteiger partial charge in [0, 0.05) is 17.3 Å². The maximum absolute atomic E-state index is 14.8. The first-order chi connectivity index (χ1) is 23.9. The van der Waals surface area contributed by atoms with Crippen LogP contribution in [0.1, 0.15) is 63.8 Å². The van der Waals surface area contributed by atoms with E-state index in [2.05, 4.69) is 31.0 Å². The summed E-state index contributed by atoms with van der Waals surface area (Å²) in [4.78, 5) is 28.7. The molecule has 4 N–H and O–H groups in total. The maximum Gasteiger partial charge on any atom is 0.411 e. The molecule has 0 spiro atoms. The smallest absolute Gasteiger partial charge is 0.411 e. The van der Waals surface area contributed by atoms with Crippen molar-refractivity contribution in [1.82, 2.24) is 45.9 Å². The zero-order chi connectivity index (χ0) is 36.9. The Kier molecular flexibility index (Phi) is 9.02. The average Bonchev–Trinajstić information content (AvgIpc) is 3.38. The summed E-state index contributed by atoms with van der Waals surface area (Å²) in [6, 6.07) is 9.87. The largest absolute Gasteiger partial charge is 0.447 e. The van der Waals surface area contributed by atoms with E-state index in [0.29, 0.717) is 32.5 Å². The number of alkyl halides is 5. The monoisotopic (exact) mass is 734 g/mol. The first-order valence-corrected chi connectivity index (χ1v) is 16.0. The van der Waals surface area contributed by atoms with Crippen molar-refractivity contribution >= 4 is 29.6 Å². The number of guanidine groups is 1. The van der Waals surface area contributed by atoms with E-state index in [1.807, 2.05) is 26.1 Å². The molecule has 3 heterocycles. The number of H-pyrrole nitrogens is 1.